The Morgan fingerprint density at radius 2 is 1.67 bits per heavy atom. The topological polar surface area (TPSA) is 70.2 Å². The SMILES string of the molecule is CC1CCCCC1NC(=O)Nc1ccc(NC(=O)c2ccccc2)cc1C(F)(F)F. The Morgan fingerprint density at radius 1 is 0.967 bits per heavy atom. The van der Waals surface area contributed by atoms with E-state index in [1.165, 1.54) is 6.07 Å². The zero-order valence-electron chi connectivity index (χ0n) is 16.6. The van der Waals surface area contributed by atoms with E-state index < -0.39 is 23.7 Å². The molecule has 3 amide bonds. The zero-order chi connectivity index (χ0) is 21.7. The maximum absolute atomic E-state index is 13.6. The average Bonchev–Trinajstić information content (AvgIpc) is 2.70. The lowest BCUT2D eigenvalue weighted by Gasteiger charge is -2.29. The summed E-state index contributed by atoms with van der Waals surface area (Å²) in [5, 5.41) is 7.55. The molecule has 2 unspecified atom stereocenters. The third-order valence-corrected chi connectivity index (χ3v) is 5.29. The predicted molar refractivity (Wildman–Crippen MR) is 109 cm³/mol. The summed E-state index contributed by atoms with van der Waals surface area (Å²) in [6.07, 6.45) is -0.831. The molecule has 0 bridgehead atoms. The van der Waals surface area contributed by atoms with Crippen molar-refractivity contribution in [3.8, 4) is 0 Å². The van der Waals surface area contributed by atoms with Crippen LogP contribution in [0.15, 0.2) is 48.5 Å². The molecule has 0 spiro atoms. The van der Waals surface area contributed by atoms with Crippen LogP contribution in [0.2, 0.25) is 0 Å². The number of carbonyl (C=O) groups excluding carboxylic acids is 2. The first kappa shape index (κ1) is 21.7. The largest absolute Gasteiger partial charge is 0.418 e. The fraction of sp³-hybridized carbons (Fsp3) is 0.364. The number of amides is 3. The van der Waals surface area contributed by atoms with Gasteiger partial charge in [-0.05, 0) is 49.1 Å². The molecule has 1 aliphatic rings. The summed E-state index contributed by atoms with van der Waals surface area (Å²) in [7, 11) is 0. The van der Waals surface area contributed by atoms with Gasteiger partial charge in [0.05, 0.1) is 11.3 Å². The highest BCUT2D eigenvalue weighted by Gasteiger charge is 2.35. The molecule has 3 rings (SSSR count). The van der Waals surface area contributed by atoms with E-state index in [4.69, 9.17) is 0 Å². The highest BCUT2D eigenvalue weighted by Crippen LogP contribution is 2.37. The van der Waals surface area contributed by atoms with Gasteiger partial charge >= 0.3 is 12.2 Å². The lowest BCUT2D eigenvalue weighted by atomic mass is 9.86. The number of benzene rings is 2. The number of rotatable bonds is 4. The molecule has 2 atom stereocenters. The van der Waals surface area contributed by atoms with Crippen molar-refractivity contribution in [3.05, 3.63) is 59.7 Å². The minimum atomic E-state index is -4.70. The summed E-state index contributed by atoms with van der Waals surface area (Å²) in [4.78, 5) is 24.5. The van der Waals surface area contributed by atoms with Crippen LogP contribution in [0.1, 0.15) is 48.5 Å². The second kappa shape index (κ2) is 9.19. The van der Waals surface area contributed by atoms with Gasteiger partial charge in [0.1, 0.15) is 0 Å². The Bertz CT molecular complexity index is 900. The van der Waals surface area contributed by atoms with Crippen molar-refractivity contribution in [2.75, 3.05) is 10.6 Å². The van der Waals surface area contributed by atoms with Gasteiger partial charge < -0.3 is 16.0 Å². The van der Waals surface area contributed by atoms with Gasteiger partial charge in [-0.15, -0.1) is 0 Å². The Morgan fingerprint density at radius 3 is 2.33 bits per heavy atom. The number of nitrogens with one attached hydrogen (secondary N) is 3. The zero-order valence-corrected chi connectivity index (χ0v) is 16.6. The first-order valence-electron chi connectivity index (χ1n) is 9.89. The second-order valence-corrected chi connectivity index (χ2v) is 7.54. The van der Waals surface area contributed by atoms with Gasteiger partial charge in [0.15, 0.2) is 0 Å². The van der Waals surface area contributed by atoms with Crippen molar-refractivity contribution in [3.63, 3.8) is 0 Å². The summed E-state index contributed by atoms with van der Waals surface area (Å²) in [5.41, 5.74) is -1.07. The molecule has 160 valence electrons. The van der Waals surface area contributed by atoms with E-state index in [1.807, 2.05) is 6.92 Å². The van der Waals surface area contributed by atoms with Crippen molar-refractivity contribution in [1.29, 1.82) is 0 Å². The molecule has 1 saturated carbocycles. The molecule has 2 aromatic rings. The maximum Gasteiger partial charge on any atom is 0.418 e. The van der Waals surface area contributed by atoms with Crippen LogP contribution in [0.3, 0.4) is 0 Å². The van der Waals surface area contributed by atoms with E-state index in [0.29, 0.717) is 5.56 Å². The van der Waals surface area contributed by atoms with Crippen molar-refractivity contribution in [1.82, 2.24) is 5.32 Å². The van der Waals surface area contributed by atoms with Crippen LogP contribution in [-0.2, 0) is 6.18 Å². The normalized spacial score (nSPS) is 19.1. The van der Waals surface area contributed by atoms with Crippen LogP contribution >= 0.6 is 0 Å². The summed E-state index contributed by atoms with van der Waals surface area (Å²) < 4.78 is 40.7. The summed E-state index contributed by atoms with van der Waals surface area (Å²) in [6.45, 7) is 2.02. The summed E-state index contributed by atoms with van der Waals surface area (Å²) in [5.74, 6) is -0.240. The first-order valence-corrected chi connectivity index (χ1v) is 9.89. The molecule has 1 aliphatic carbocycles. The molecule has 0 saturated heterocycles. The number of urea groups is 1. The number of alkyl halides is 3. The van der Waals surface area contributed by atoms with Gasteiger partial charge in [-0.3, -0.25) is 4.79 Å². The van der Waals surface area contributed by atoms with Gasteiger partial charge in [0.25, 0.3) is 5.91 Å². The fourth-order valence-electron chi connectivity index (χ4n) is 3.62. The Kier molecular flexibility index (Phi) is 6.64. The van der Waals surface area contributed by atoms with Crippen LogP contribution in [0.5, 0.6) is 0 Å². The third kappa shape index (κ3) is 5.52. The number of hydrogen-bond donors (Lipinski definition) is 3. The molecule has 2 aromatic carbocycles. The summed E-state index contributed by atoms with van der Waals surface area (Å²) >= 11 is 0. The molecular formula is C22H24F3N3O2. The molecule has 3 N–H and O–H groups in total. The van der Waals surface area contributed by atoms with Crippen molar-refractivity contribution < 1.29 is 22.8 Å². The molecule has 30 heavy (non-hydrogen) atoms. The van der Waals surface area contributed by atoms with Crippen molar-refractivity contribution in [2.24, 2.45) is 5.92 Å². The van der Waals surface area contributed by atoms with Crippen molar-refractivity contribution >= 4 is 23.3 Å². The fourth-order valence-corrected chi connectivity index (χ4v) is 3.62. The van der Waals surface area contributed by atoms with Crippen LogP contribution in [0.4, 0.5) is 29.3 Å². The van der Waals surface area contributed by atoms with E-state index in [9.17, 15) is 22.8 Å². The maximum atomic E-state index is 13.6. The Hall–Kier alpha value is -3.03. The Balaban J connectivity index is 1.74. The van der Waals surface area contributed by atoms with E-state index in [-0.39, 0.29) is 23.3 Å². The van der Waals surface area contributed by atoms with Gasteiger partial charge in [0, 0.05) is 17.3 Å². The molecule has 1 fully saturated rings. The highest BCUT2D eigenvalue weighted by atomic mass is 19.4. The minimum absolute atomic E-state index is 0.0111. The molecule has 0 aromatic heterocycles. The number of anilines is 2. The molecular weight excluding hydrogens is 395 g/mol. The standard InChI is InChI=1S/C22H24F3N3O2/c1-14-7-5-6-10-18(14)27-21(30)28-19-12-11-16(13-17(19)22(23,24)25)26-20(29)15-8-3-2-4-9-15/h2-4,8-9,11-14,18H,5-7,10H2,1H3,(H,26,29)(H2,27,28,30). The summed E-state index contributed by atoms with van der Waals surface area (Å²) in [6, 6.07) is 10.8. The van der Waals surface area contributed by atoms with Gasteiger partial charge in [-0.25, -0.2) is 4.79 Å². The van der Waals surface area contributed by atoms with Gasteiger partial charge in [-0.1, -0.05) is 38.0 Å². The van der Waals surface area contributed by atoms with E-state index in [1.54, 1.807) is 30.3 Å². The molecule has 0 heterocycles. The van der Waals surface area contributed by atoms with E-state index >= 15 is 0 Å². The van der Waals surface area contributed by atoms with Crippen LogP contribution in [0, 0.1) is 5.92 Å². The Labute approximate surface area is 173 Å². The second-order valence-electron chi connectivity index (χ2n) is 7.54. The van der Waals surface area contributed by atoms with Crippen LogP contribution in [0.25, 0.3) is 0 Å². The van der Waals surface area contributed by atoms with Gasteiger partial charge in [-0.2, -0.15) is 13.2 Å². The van der Waals surface area contributed by atoms with E-state index in [0.717, 1.165) is 37.8 Å². The minimum Gasteiger partial charge on any atom is -0.335 e. The third-order valence-electron chi connectivity index (χ3n) is 5.29. The monoisotopic (exact) mass is 419 g/mol. The van der Waals surface area contributed by atoms with Crippen LogP contribution < -0.4 is 16.0 Å². The average molecular weight is 419 g/mol. The number of halogens is 3. The molecule has 5 nitrogen and oxygen atoms in total. The van der Waals surface area contributed by atoms with Gasteiger partial charge in [0.2, 0.25) is 0 Å². The number of carbonyl (C=O) groups is 2. The molecule has 0 aliphatic heterocycles. The molecule has 0 radical (unpaired) electrons. The number of hydrogen-bond acceptors (Lipinski definition) is 2. The predicted octanol–water partition coefficient (Wildman–Crippen LogP) is 5.66. The lowest BCUT2D eigenvalue weighted by Crippen LogP contribution is -2.43. The lowest BCUT2D eigenvalue weighted by molar-refractivity contribution is -0.136. The quantitative estimate of drug-likeness (QED) is 0.599. The van der Waals surface area contributed by atoms with Crippen molar-refractivity contribution in [2.45, 2.75) is 44.8 Å². The van der Waals surface area contributed by atoms with E-state index in [2.05, 4.69) is 16.0 Å². The van der Waals surface area contributed by atoms with Crippen LogP contribution in [-0.4, -0.2) is 18.0 Å². The highest BCUT2D eigenvalue weighted by molar-refractivity contribution is 6.04. The first-order chi connectivity index (χ1) is 14.2. The molecule has 8 heteroatoms. The smallest absolute Gasteiger partial charge is 0.335 e.